The van der Waals surface area contributed by atoms with Gasteiger partial charge < -0.3 is 10.6 Å². The minimum Gasteiger partial charge on any atom is -0.322 e. The monoisotopic (exact) mass is 426 g/mol. The molecule has 1 aliphatic rings. The van der Waals surface area contributed by atoms with Crippen LogP contribution in [0.2, 0.25) is 0 Å². The van der Waals surface area contributed by atoms with E-state index in [2.05, 4.69) is 42.0 Å². The lowest BCUT2D eigenvalue weighted by molar-refractivity contribution is -0.130. The van der Waals surface area contributed by atoms with E-state index in [0.29, 0.717) is 11.5 Å². The Morgan fingerprint density at radius 1 is 1.16 bits per heavy atom. The first-order valence-electron chi connectivity index (χ1n) is 10.8. The van der Waals surface area contributed by atoms with Crippen LogP contribution >= 0.6 is 0 Å². The Morgan fingerprint density at radius 3 is 2.45 bits per heavy atom. The molecule has 0 saturated carbocycles. The van der Waals surface area contributed by atoms with Crippen LogP contribution in [0.1, 0.15) is 64.2 Å². The number of hydrogen-bond donors (Lipinski definition) is 4. The predicted octanol–water partition coefficient (Wildman–Crippen LogP) is 4.03. The van der Waals surface area contributed by atoms with Gasteiger partial charge in [-0.1, -0.05) is 33.8 Å². The summed E-state index contributed by atoms with van der Waals surface area (Å²) in [7, 11) is 0. The first-order chi connectivity index (χ1) is 14.5. The van der Waals surface area contributed by atoms with Crippen LogP contribution in [0.15, 0.2) is 24.3 Å². The predicted molar refractivity (Wildman–Crippen MR) is 123 cm³/mol. The van der Waals surface area contributed by atoms with E-state index in [1.807, 2.05) is 52.0 Å². The van der Waals surface area contributed by atoms with E-state index in [1.165, 1.54) is 0 Å². The number of carbonyl (C=O) groups excluding carboxylic acids is 2. The largest absolute Gasteiger partial charge is 0.324 e. The fourth-order valence-electron chi connectivity index (χ4n) is 3.70. The molecule has 4 N–H and O–H groups in total. The number of aryl methyl sites for hydroxylation is 2. The van der Waals surface area contributed by atoms with Crippen LogP contribution < -0.4 is 21.3 Å². The molecule has 168 valence electrons. The molecule has 8 heteroatoms. The molecule has 3 atom stereocenters. The molecule has 1 aromatic carbocycles. The summed E-state index contributed by atoms with van der Waals surface area (Å²) in [4.78, 5) is 25.3. The summed E-state index contributed by atoms with van der Waals surface area (Å²) in [6.07, 6.45) is 0.209. The van der Waals surface area contributed by atoms with Crippen molar-refractivity contribution in [1.82, 2.24) is 20.4 Å². The van der Waals surface area contributed by atoms with Gasteiger partial charge in [-0.3, -0.25) is 15.4 Å². The van der Waals surface area contributed by atoms with Crippen molar-refractivity contribution in [2.24, 2.45) is 5.92 Å². The third-order valence-electron chi connectivity index (χ3n) is 5.83. The molecule has 0 radical (unpaired) electrons. The molecule has 1 aromatic heterocycles. The van der Waals surface area contributed by atoms with Crippen LogP contribution in [0.4, 0.5) is 16.3 Å². The third kappa shape index (κ3) is 5.07. The zero-order valence-electron chi connectivity index (χ0n) is 19.5. The number of nitrogens with one attached hydrogen (secondary N) is 4. The lowest BCUT2D eigenvalue weighted by Crippen LogP contribution is -2.57. The zero-order valence-corrected chi connectivity index (χ0v) is 19.5. The molecule has 2 heterocycles. The lowest BCUT2D eigenvalue weighted by atomic mass is 9.92. The second-order valence-corrected chi connectivity index (χ2v) is 9.37. The minimum absolute atomic E-state index is 0.0109. The Morgan fingerprint density at radius 2 is 1.87 bits per heavy atom. The van der Waals surface area contributed by atoms with E-state index in [0.717, 1.165) is 23.2 Å². The third-order valence-corrected chi connectivity index (χ3v) is 5.83. The molecule has 3 amide bonds. The van der Waals surface area contributed by atoms with Crippen molar-refractivity contribution in [2.45, 2.75) is 72.6 Å². The fourth-order valence-corrected chi connectivity index (χ4v) is 3.70. The standard InChI is InChI=1S/C23H34N6O2/c1-8-17-15(4)24-21(27-20(17)30)29-19(12-18(28-29)23(5,6)7)26-22(31)25-16-10-9-13(2)14(3)11-16/h9-12,15,17,21,24H,8H2,1-7H3,(H,27,30)(H2,25,26,31). The Hall–Kier alpha value is -2.87. The van der Waals surface area contributed by atoms with Gasteiger partial charge in [-0.25, -0.2) is 9.48 Å². The van der Waals surface area contributed by atoms with Crippen molar-refractivity contribution in [2.75, 3.05) is 10.6 Å². The van der Waals surface area contributed by atoms with E-state index in [4.69, 9.17) is 5.10 Å². The summed E-state index contributed by atoms with van der Waals surface area (Å²) >= 11 is 0. The minimum atomic E-state index is -0.543. The molecule has 31 heavy (non-hydrogen) atoms. The topological polar surface area (TPSA) is 100 Å². The number of amides is 3. The van der Waals surface area contributed by atoms with E-state index in [1.54, 1.807) is 4.68 Å². The Balaban J connectivity index is 1.85. The van der Waals surface area contributed by atoms with Crippen LogP contribution in [-0.2, 0) is 10.2 Å². The van der Waals surface area contributed by atoms with Gasteiger partial charge in [-0.15, -0.1) is 0 Å². The number of rotatable bonds is 4. The number of urea groups is 1. The summed E-state index contributed by atoms with van der Waals surface area (Å²) in [5.74, 6) is 0.390. The molecule has 0 bridgehead atoms. The van der Waals surface area contributed by atoms with E-state index in [-0.39, 0.29) is 29.3 Å². The van der Waals surface area contributed by atoms with Crippen molar-refractivity contribution in [3.05, 3.63) is 41.1 Å². The van der Waals surface area contributed by atoms with Crippen molar-refractivity contribution < 1.29 is 9.59 Å². The van der Waals surface area contributed by atoms with Crippen molar-refractivity contribution in [3.63, 3.8) is 0 Å². The Labute approximate surface area is 184 Å². The molecule has 1 fully saturated rings. The highest BCUT2D eigenvalue weighted by molar-refractivity contribution is 5.99. The summed E-state index contributed by atoms with van der Waals surface area (Å²) < 4.78 is 1.64. The lowest BCUT2D eigenvalue weighted by Gasteiger charge is -2.35. The highest BCUT2D eigenvalue weighted by Gasteiger charge is 2.35. The number of hydrogen-bond acceptors (Lipinski definition) is 4. The first kappa shape index (κ1) is 22.8. The van der Waals surface area contributed by atoms with Crippen LogP contribution in [-0.4, -0.2) is 27.8 Å². The summed E-state index contributed by atoms with van der Waals surface area (Å²) in [5, 5.41) is 16.9. The number of carbonyl (C=O) groups is 2. The van der Waals surface area contributed by atoms with Gasteiger partial charge in [0.1, 0.15) is 5.82 Å². The quantitative estimate of drug-likeness (QED) is 0.593. The molecule has 1 saturated heterocycles. The van der Waals surface area contributed by atoms with E-state index in [9.17, 15) is 9.59 Å². The average molecular weight is 427 g/mol. The first-order valence-corrected chi connectivity index (χ1v) is 10.8. The molecule has 1 aliphatic heterocycles. The second kappa shape index (κ2) is 8.70. The molecule has 3 unspecified atom stereocenters. The smallest absolute Gasteiger partial charge is 0.322 e. The van der Waals surface area contributed by atoms with Gasteiger partial charge in [0, 0.05) is 23.2 Å². The number of aromatic nitrogens is 2. The highest BCUT2D eigenvalue weighted by atomic mass is 16.2. The maximum atomic E-state index is 12.7. The second-order valence-electron chi connectivity index (χ2n) is 9.37. The molecular formula is C23H34N6O2. The van der Waals surface area contributed by atoms with Gasteiger partial charge in [0.05, 0.1) is 11.6 Å². The molecule has 2 aromatic rings. The average Bonchev–Trinajstić information content (AvgIpc) is 3.08. The molecular weight excluding hydrogens is 392 g/mol. The van der Waals surface area contributed by atoms with Crippen molar-refractivity contribution in [3.8, 4) is 0 Å². The van der Waals surface area contributed by atoms with Gasteiger partial charge >= 0.3 is 6.03 Å². The van der Waals surface area contributed by atoms with Crippen LogP contribution in [0.3, 0.4) is 0 Å². The molecule has 8 nitrogen and oxygen atoms in total. The maximum absolute atomic E-state index is 12.7. The number of nitrogens with zero attached hydrogens (tertiary/aromatic N) is 2. The maximum Gasteiger partial charge on any atom is 0.324 e. The molecule has 0 aliphatic carbocycles. The Bertz CT molecular complexity index is 975. The normalized spacial score (nSPS) is 21.5. The van der Waals surface area contributed by atoms with Gasteiger partial charge in [-0.05, 0) is 50.5 Å². The van der Waals surface area contributed by atoms with Crippen LogP contribution in [0.5, 0.6) is 0 Å². The van der Waals surface area contributed by atoms with Gasteiger partial charge in [0.25, 0.3) is 0 Å². The van der Waals surface area contributed by atoms with Crippen molar-refractivity contribution >= 4 is 23.4 Å². The van der Waals surface area contributed by atoms with Crippen molar-refractivity contribution in [1.29, 1.82) is 0 Å². The van der Waals surface area contributed by atoms with E-state index >= 15 is 0 Å². The SMILES string of the molecule is CCC1C(=O)NC(n2nc(C(C)(C)C)cc2NC(=O)Nc2ccc(C)c(C)c2)NC1C. The summed E-state index contributed by atoms with van der Waals surface area (Å²) in [6, 6.07) is 7.25. The Kier molecular flexibility index (Phi) is 6.40. The summed E-state index contributed by atoms with van der Waals surface area (Å²) in [6.45, 7) is 14.2. The van der Waals surface area contributed by atoms with Crippen LogP contribution in [0.25, 0.3) is 0 Å². The van der Waals surface area contributed by atoms with Crippen LogP contribution in [0, 0.1) is 19.8 Å². The number of benzene rings is 1. The van der Waals surface area contributed by atoms with Gasteiger partial charge in [0.15, 0.2) is 6.29 Å². The van der Waals surface area contributed by atoms with Gasteiger partial charge in [0.2, 0.25) is 5.91 Å². The molecule has 3 rings (SSSR count). The summed E-state index contributed by atoms with van der Waals surface area (Å²) in [5.41, 5.74) is 3.58. The highest BCUT2D eigenvalue weighted by Crippen LogP contribution is 2.27. The molecule has 0 spiro atoms. The van der Waals surface area contributed by atoms with E-state index < -0.39 is 6.29 Å². The fraction of sp³-hybridized carbons (Fsp3) is 0.522. The number of anilines is 2. The van der Waals surface area contributed by atoms with Gasteiger partial charge in [-0.2, -0.15) is 5.10 Å². The zero-order chi connectivity index (χ0) is 22.9.